The highest BCUT2D eigenvalue weighted by atomic mass is 32.1. The molecule has 2 fully saturated rings. The number of carbonyl (C=O) groups excluding carboxylic acids is 1. The van der Waals surface area contributed by atoms with Crippen molar-refractivity contribution in [3.8, 4) is 0 Å². The summed E-state index contributed by atoms with van der Waals surface area (Å²) in [5, 5.41) is 3.65. The zero-order valence-electron chi connectivity index (χ0n) is 17.1. The summed E-state index contributed by atoms with van der Waals surface area (Å²) < 4.78 is 12.3. The van der Waals surface area contributed by atoms with E-state index in [0.717, 1.165) is 11.0 Å². The molecule has 5 nitrogen and oxygen atoms in total. The Hall–Kier alpha value is -1.70. The molecule has 0 spiro atoms. The molecule has 1 aliphatic heterocycles. The van der Waals surface area contributed by atoms with Gasteiger partial charge in [-0.3, -0.25) is 4.79 Å². The third kappa shape index (κ3) is 3.75. The summed E-state index contributed by atoms with van der Waals surface area (Å²) >= 11 is 1.58. The van der Waals surface area contributed by atoms with Crippen molar-refractivity contribution >= 4 is 35.0 Å². The Morgan fingerprint density at radius 2 is 1.93 bits per heavy atom. The highest BCUT2D eigenvalue weighted by molar-refractivity contribution is 7.15. The molecule has 1 aromatic heterocycles. The number of hydrogen-bond acceptors (Lipinski definition) is 5. The van der Waals surface area contributed by atoms with Gasteiger partial charge in [0.15, 0.2) is 5.13 Å². The fourth-order valence-electron chi connectivity index (χ4n) is 3.22. The van der Waals surface area contributed by atoms with Crippen molar-refractivity contribution in [2.24, 2.45) is 0 Å². The zero-order valence-corrected chi connectivity index (χ0v) is 17.9. The molecule has 1 amide bonds. The van der Waals surface area contributed by atoms with E-state index >= 15 is 0 Å². The summed E-state index contributed by atoms with van der Waals surface area (Å²) in [4.78, 5) is 18.4. The number of nitrogens with one attached hydrogen (secondary N) is 1. The number of hydrogen-bond donors (Lipinski definition) is 1. The summed E-state index contributed by atoms with van der Waals surface area (Å²) in [6.45, 7) is 10.1. The second-order valence-electron chi connectivity index (χ2n) is 8.81. The van der Waals surface area contributed by atoms with Gasteiger partial charge in [0.25, 0.3) is 0 Å². The van der Waals surface area contributed by atoms with Crippen molar-refractivity contribution in [1.82, 2.24) is 4.98 Å². The van der Waals surface area contributed by atoms with E-state index in [0.29, 0.717) is 11.0 Å². The van der Waals surface area contributed by atoms with E-state index in [-0.39, 0.29) is 23.0 Å². The molecular weight excluding hydrogens is 371 g/mol. The van der Waals surface area contributed by atoms with Gasteiger partial charge >= 0.3 is 7.12 Å². The Morgan fingerprint density at radius 1 is 1.25 bits per heavy atom. The second-order valence-corrected chi connectivity index (χ2v) is 9.87. The van der Waals surface area contributed by atoms with Crippen LogP contribution in [0.4, 0.5) is 5.13 Å². The van der Waals surface area contributed by atoms with Gasteiger partial charge in [-0.05, 0) is 64.4 Å². The minimum atomic E-state index is -0.430. The molecule has 0 radical (unpaired) electrons. The molecule has 2 heterocycles. The summed E-state index contributed by atoms with van der Waals surface area (Å²) in [6.07, 6.45) is 4.36. The average molecular weight is 398 g/mol. The van der Waals surface area contributed by atoms with E-state index in [9.17, 15) is 4.79 Å². The van der Waals surface area contributed by atoms with Gasteiger partial charge in [0.1, 0.15) is 0 Å². The lowest BCUT2D eigenvalue weighted by molar-refractivity contribution is -0.117. The predicted molar refractivity (Wildman–Crippen MR) is 113 cm³/mol. The molecule has 7 heteroatoms. The molecule has 1 aliphatic carbocycles. The van der Waals surface area contributed by atoms with Crippen LogP contribution in [-0.4, -0.2) is 29.2 Å². The van der Waals surface area contributed by atoms with E-state index in [4.69, 9.17) is 9.31 Å². The van der Waals surface area contributed by atoms with Crippen LogP contribution in [0.5, 0.6) is 0 Å². The minimum Gasteiger partial charge on any atom is -0.399 e. The van der Waals surface area contributed by atoms with Gasteiger partial charge in [-0.25, -0.2) is 4.98 Å². The van der Waals surface area contributed by atoms with Gasteiger partial charge in [0.2, 0.25) is 5.91 Å². The second kappa shape index (κ2) is 6.97. The van der Waals surface area contributed by atoms with Crippen molar-refractivity contribution in [1.29, 1.82) is 0 Å². The van der Waals surface area contributed by atoms with Crippen LogP contribution in [0.1, 0.15) is 69.7 Å². The smallest absolute Gasteiger partial charge is 0.399 e. The molecule has 1 saturated carbocycles. The lowest BCUT2D eigenvalue weighted by atomic mass is 9.77. The maximum Gasteiger partial charge on any atom is 0.494 e. The Balaban J connectivity index is 1.46. The quantitative estimate of drug-likeness (QED) is 0.772. The van der Waals surface area contributed by atoms with Gasteiger partial charge in [-0.15, -0.1) is 11.3 Å². The topological polar surface area (TPSA) is 60.5 Å². The standard InChI is InChI=1S/C21H27BN2O3S/c1-13(18(25)24-19-23-12-17(28-19)14-9-10-14)15-7-6-8-16(11-15)22-26-20(2,3)21(4,5)27-22/h6-8,11-14H,9-10H2,1-5H3,(H,23,24,25). The highest BCUT2D eigenvalue weighted by Crippen LogP contribution is 2.43. The number of rotatable bonds is 5. The van der Waals surface area contributed by atoms with E-state index in [1.807, 2.05) is 65.1 Å². The molecule has 1 aromatic carbocycles. The number of nitrogens with zero attached hydrogens (tertiary/aromatic N) is 1. The van der Waals surface area contributed by atoms with Crippen LogP contribution in [-0.2, 0) is 14.1 Å². The Kier molecular flexibility index (Phi) is 4.88. The normalized spacial score (nSPS) is 21.5. The lowest BCUT2D eigenvalue weighted by Gasteiger charge is -2.32. The van der Waals surface area contributed by atoms with Crippen molar-refractivity contribution < 1.29 is 14.1 Å². The van der Waals surface area contributed by atoms with Crippen molar-refractivity contribution in [2.45, 2.75) is 70.5 Å². The molecule has 1 saturated heterocycles. The first-order chi connectivity index (χ1) is 13.2. The molecule has 2 aromatic rings. The first-order valence-electron chi connectivity index (χ1n) is 9.88. The molecule has 0 bridgehead atoms. The van der Waals surface area contributed by atoms with Gasteiger partial charge < -0.3 is 14.6 Å². The summed E-state index contributed by atoms with van der Waals surface area (Å²) in [5.74, 6) is 0.301. The number of carbonyl (C=O) groups is 1. The average Bonchev–Trinajstić information content (AvgIpc) is 3.34. The Labute approximate surface area is 171 Å². The van der Waals surface area contributed by atoms with E-state index in [2.05, 4.69) is 10.3 Å². The first-order valence-corrected chi connectivity index (χ1v) is 10.7. The van der Waals surface area contributed by atoms with Crippen LogP contribution < -0.4 is 10.8 Å². The Bertz CT molecular complexity index is 875. The van der Waals surface area contributed by atoms with Gasteiger partial charge in [0, 0.05) is 11.1 Å². The fourth-order valence-corrected chi connectivity index (χ4v) is 4.21. The summed E-state index contributed by atoms with van der Waals surface area (Å²) in [5.41, 5.74) is 1.09. The molecule has 1 N–H and O–H groups in total. The molecule has 2 aliphatic rings. The Morgan fingerprint density at radius 3 is 2.57 bits per heavy atom. The highest BCUT2D eigenvalue weighted by Gasteiger charge is 2.51. The number of anilines is 1. The van der Waals surface area contributed by atoms with Crippen LogP contribution in [0.15, 0.2) is 30.5 Å². The molecule has 4 rings (SSSR count). The van der Waals surface area contributed by atoms with Crippen LogP contribution in [0.25, 0.3) is 0 Å². The van der Waals surface area contributed by atoms with Gasteiger partial charge in [-0.2, -0.15) is 0 Å². The SMILES string of the molecule is CC(C(=O)Nc1ncc(C2CC2)s1)c1cccc(B2OC(C)(C)C(C)(C)O2)c1. The largest absolute Gasteiger partial charge is 0.494 e. The van der Waals surface area contributed by atoms with Crippen molar-refractivity contribution in [2.75, 3.05) is 5.32 Å². The third-order valence-corrected chi connectivity index (χ3v) is 7.14. The van der Waals surface area contributed by atoms with Gasteiger partial charge in [0.05, 0.1) is 17.1 Å². The monoisotopic (exact) mass is 398 g/mol. The number of benzene rings is 1. The van der Waals surface area contributed by atoms with Crippen LogP contribution >= 0.6 is 11.3 Å². The van der Waals surface area contributed by atoms with E-state index in [1.54, 1.807) is 11.3 Å². The van der Waals surface area contributed by atoms with Crippen LogP contribution in [0, 0.1) is 0 Å². The first kappa shape index (κ1) is 19.6. The minimum absolute atomic E-state index is 0.0530. The summed E-state index contributed by atoms with van der Waals surface area (Å²) in [6, 6.07) is 7.91. The zero-order chi connectivity index (χ0) is 20.1. The van der Waals surface area contributed by atoms with Crippen LogP contribution in [0.2, 0.25) is 0 Å². The van der Waals surface area contributed by atoms with Crippen LogP contribution in [0.3, 0.4) is 0 Å². The number of thiazole rings is 1. The number of aromatic nitrogens is 1. The maximum absolute atomic E-state index is 12.7. The van der Waals surface area contributed by atoms with Gasteiger partial charge in [-0.1, -0.05) is 24.3 Å². The van der Waals surface area contributed by atoms with Crippen molar-refractivity contribution in [3.05, 3.63) is 40.9 Å². The molecule has 148 valence electrons. The van der Waals surface area contributed by atoms with E-state index in [1.165, 1.54) is 17.7 Å². The lowest BCUT2D eigenvalue weighted by Crippen LogP contribution is -2.41. The molecule has 1 unspecified atom stereocenters. The third-order valence-electron chi connectivity index (χ3n) is 6.06. The molecule has 28 heavy (non-hydrogen) atoms. The summed E-state index contributed by atoms with van der Waals surface area (Å²) in [7, 11) is -0.430. The molecule has 1 atom stereocenters. The fraction of sp³-hybridized carbons (Fsp3) is 0.524. The van der Waals surface area contributed by atoms with Crippen molar-refractivity contribution in [3.63, 3.8) is 0 Å². The molecular formula is C21H27BN2O3S. The van der Waals surface area contributed by atoms with E-state index < -0.39 is 7.12 Å². The number of amides is 1. The maximum atomic E-state index is 12.7. The predicted octanol–water partition coefficient (Wildman–Crippen LogP) is 4.06.